The Balaban J connectivity index is 2.50. The van der Waals surface area contributed by atoms with Gasteiger partial charge in [-0.15, -0.1) is 0 Å². The fourth-order valence-corrected chi connectivity index (χ4v) is 1.42. The number of ether oxygens (including phenoxy) is 1. The van der Waals surface area contributed by atoms with Gasteiger partial charge in [0.2, 0.25) is 5.88 Å². The van der Waals surface area contributed by atoms with Crippen LogP contribution in [0.15, 0.2) is 12.3 Å². The summed E-state index contributed by atoms with van der Waals surface area (Å²) in [6, 6.07) is 1.71. The number of pyridine rings is 1. The summed E-state index contributed by atoms with van der Waals surface area (Å²) < 4.78 is 4.92. The Morgan fingerprint density at radius 2 is 2.33 bits per heavy atom. The van der Waals surface area contributed by atoms with E-state index in [-0.39, 0.29) is 5.78 Å². The summed E-state index contributed by atoms with van der Waals surface area (Å²) in [6.07, 6.45) is 3.16. The molecule has 0 unspecified atom stereocenters. The lowest BCUT2D eigenvalue weighted by molar-refractivity contribution is 0.0994. The molecule has 0 radical (unpaired) electrons. The first-order chi connectivity index (χ1) is 5.81. The number of aromatic nitrogens is 1. The average molecular weight is 163 g/mol. The predicted octanol–water partition coefficient (Wildman–Crippen LogP) is 1.22. The van der Waals surface area contributed by atoms with E-state index in [4.69, 9.17) is 4.74 Å². The second kappa shape index (κ2) is 2.59. The third kappa shape index (κ3) is 0.978. The molecule has 0 spiro atoms. The van der Waals surface area contributed by atoms with Crippen LogP contribution in [0, 0.1) is 0 Å². The van der Waals surface area contributed by atoms with E-state index < -0.39 is 0 Å². The maximum absolute atomic E-state index is 11.3. The van der Waals surface area contributed by atoms with Gasteiger partial charge in [0.05, 0.1) is 7.11 Å². The predicted molar refractivity (Wildman–Crippen MR) is 43.4 cm³/mol. The SMILES string of the molecule is COc1cc2c(cn1)CCC2=O. The average Bonchev–Trinajstić information content (AvgIpc) is 2.47. The summed E-state index contributed by atoms with van der Waals surface area (Å²) in [7, 11) is 1.55. The number of carbonyl (C=O) groups excluding carboxylic acids is 1. The zero-order valence-electron chi connectivity index (χ0n) is 6.83. The summed E-state index contributed by atoms with van der Waals surface area (Å²) in [5.41, 5.74) is 1.82. The number of fused-ring (bicyclic) bond motifs is 1. The Morgan fingerprint density at radius 3 is 3.08 bits per heavy atom. The number of Topliss-reactive ketones (excluding diaryl/α,β-unsaturated/α-hetero) is 1. The van der Waals surface area contributed by atoms with Crippen molar-refractivity contribution >= 4 is 5.78 Å². The van der Waals surface area contributed by atoms with Gasteiger partial charge in [-0.3, -0.25) is 4.79 Å². The Bertz CT molecular complexity index is 333. The summed E-state index contributed by atoms with van der Waals surface area (Å²) in [5, 5.41) is 0. The molecule has 2 rings (SSSR count). The molecule has 0 atom stereocenters. The van der Waals surface area contributed by atoms with Crippen molar-refractivity contribution in [3.63, 3.8) is 0 Å². The minimum absolute atomic E-state index is 0.200. The number of ketones is 1. The van der Waals surface area contributed by atoms with Crippen LogP contribution in [0.3, 0.4) is 0 Å². The maximum atomic E-state index is 11.3. The smallest absolute Gasteiger partial charge is 0.213 e. The summed E-state index contributed by atoms with van der Waals surface area (Å²) in [5.74, 6) is 0.717. The third-order valence-electron chi connectivity index (χ3n) is 2.09. The Morgan fingerprint density at radius 1 is 1.50 bits per heavy atom. The highest BCUT2D eigenvalue weighted by Gasteiger charge is 2.20. The lowest BCUT2D eigenvalue weighted by atomic mass is 10.2. The zero-order valence-corrected chi connectivity index (χ0v) is 6.83. The first-order valence-electron chi connectivity index (χ1n) is 3.87. The number of aryl methyl sites for hydroxylation is 1. The van der Waals surface area contributed by atoms with Crippen molar-refractivity contribution in [2.24, 2.45) is 0 Å². The van der Waals surface area contributed by atoms with Crippen LogP contribution in [-0.2, 0) is 6.42 Å². The van der Waals surface area contributed by atoms with Crippen molar-refractivity contribution in [2.45, 2.75) is 12.8 Å². The molecule has 3 nitrogen and oxygen atoms in total. The van der Waals surface area contributed by atoms with Gasteiger partial charge in [-0.05, 0) is 12.0 Å². The van der Waals surface area contributed by atoms with Crippen LogP contribution in [0.25, 0.3) is 0 Å². The molecule has 0 bridgehead atoms. The Labute approximate surface area is 70.4 Å². The summed E-state index contributed by atoms with van der Waals surface area (Å²) in [6.45, 7) is 0. The van der Waals surface area contributed by atoms with Crippen molar-refractivity contribution in [1.29, 1.82) is 0 Å². The highest BCUT2D eigenvalue weighted by Crippen LogP contribution is 2.23. The number of nitrogens with zero attached hydrogens (tertiary/aromatic N) is 1. The first-order valence-corrected chi connectivity index (χ1v) is 3.87. The van der Waals surface area contributed by atoms with Gasteiger partial charge in [-0.25, -0.2) is 4.98 Å². The first kappa shape index (κ1) is 7.28. The number of hydrogen-bond donors (Lipinski definition) is 0. The van der Waals surface area contributed by atoms with Gasteiger partial charge in [0.25, 0.3) is 0 Å². The molecule has 0 saturated carbocycles. The minimum atomic E-state index is 0.200. The molecule has 1 aromatic rings. The van der Waals surface area contributed by atoms with Crippen LogP contribution >= 0.6 is 0 Å². The van der Waals surface area contributed by atoms with E-state index in [1.54, 1.807) is 19.4 Å². The Kier molecular flexibility index (Phi) is 1.57. The van der Waals surface area contributed by atoms with Crippen molar-refractivity contribution < 1.29 is 9.53 Å². The number of hydrogen-bond acceptors (Lipinski definition) is 3. The molecule has 1 aliphatic rings. The van der Waals surface area contributed by atoms with Gasteiger partial charge in [0.1, 0.15) is 0 Å². The fourth-order valence-electron chi connectivity index (χ4n) is 1.42. The number of rotatable bonds is 1. The van der Waals surface area contributed by atoms with Crippen LogP contribution in [-0.4, -0.2) is 17.9 Å². The molecular weight excluding hydrogens is 154 g/mol. The van der Waals surface area contributed by atoms with Crippen molar-refractivity contribution in [2.75, 3.05) is 7.11 Å². The van der Waals surface area contributed by atoms with Crippen LogP contribution in [0.1, 0.15) is 22.3 Å². The van der Waals surface area contributed by atoms with Crippen LogP contribution in [0.2, 0.25) is 0 Å². The molecule has 1 aromatic heterocycles. The summed E-state index contributed by atoms with van der Waals surface area (Å²) >= 11 is 0. The van der Waals surface area contributed by atoms with E-state index in [2.05, 4.69) is 4.98 Å². The largest absolute Gasteiger partial charge is 0.481 e. The minimum Gasteiger partial charge on any atom is -0.481 e. The highest BCUT2D eigenvalue weighted by atomic mass is 16.5. The molecule has 62 valence electrons. The number of methoxy groups -OCH3 is 1. The van der Waals surface area contributed by atoms with E-state index in [0.29, 0.717) is 12.3 Å². The summed E-state index contributed by atoms with van der Waals surface area (Å²) in [4.78, 5) is 15.3. The third-order valence-corrected chi connectivity index (χ3v) is 2.09. The topological polar surface area (TPSA) is 39.2 Å². The molecule has 0 saturated heterocycles. The molecule has 0 N–H and O–H groups in total. The molecular formula is C9H9NO2. The van der Waals surface area contributed by atoms with Gasteiger partial charge in [0.15, 0.2) is 5.78 Å². The van der Waals surface area contributed by atoms with Gasteiger partial charge in [-0.2, -0.15) is 0 Å². The van der Waals surface area contributed by atoms with Crippen LogP contribution in [0.4, 0.5) is 0 Å². The van der Waals surface area contributed by atoms with Gasteiger partial charge >= 0.3 is 0 Å². The molecule has 0 aromatic carbocycles. The van der Waals surface area contributed by atoms with Crippen LogP contribution < -0.4 is 4.74 Å². The molecule has 0 fully saturated rings. The van der Waals surface area contributed by atoms with Gasteiger partial charge in [-0.1, -0.05) is 0 Å². The molecule has 12 heavy (non-hydrogen) atoms. The normalized spacial score (nSPS) is 14.6. The second-order valence-corrected chi connectivity index (χ2v) is 2.81. The quantitative estimate of drug-likeness (QED) is 0.624. The second-order valence-electron chi connectivity index (χ2n) is 2.81. The van der Waals surface area contributed by atoms with E-state index in [0.717, 1.165) is 17.5 Å². The monoisotopic (exact) mass is 163 g/mol. The Hall–Kier alpha value is -1.38. The van der Waals surface area contributed by atoms with E-state index >= 15 is 0 Å². The van der Waals surface area contributed by atoms with Crippen LogP contribution in [0.5, 0.6) is 5.88 Å². The molecule has 1 aliphatic carbocycles. The van der Waals surface area contributed by atoms with Crippen molar-refractivity contribution in [1.82, 2.24) is 4.98 Å². The fraction of sp³-hybridized carbons (Fsp3) is 0.333. The molecule has 1 heterocycles. The molecule has 0 amide bonds. The lowest BCUT2D eigenvalue weighted by Gasteiger charge is -2.00. The molecule has 0 aliphatic heterocycles. The van der Waals surface area contributed by atoms with Crippen molar-refractivity contribution in [3.05, 3.63) is 23.4 Å². The van der Waals surface area contributed by atoms with Gasteiger partial charge < -0.3 is 4.74 Å². The van der Waals surface area contributed by atoms with Gasteiger partial charge in [0, 0.05) is 24.2 Å². The van der Waals surface area contributed by atoms with E-state index in [1.807, 2.05) is 0 Å². The standard InChI is InChI=1S/C9H9NO2/c1-12-9-4-7-6(5-10-9)2-3-8(7)11/h4-5H,2-3H2,1H3. The van der Waals surface area contributed by atoms with E-state index in [9.17, 15) is 4.79 Å². The maximum Gasteiger partial charge on any atom is 0.213 e. The van der Waals surface area contributed by atoms with Crippen molar-refractivity contribution in [3.8, 4) is 5.88 Å². The highest BCUT2D eigenvalue weighted by molar-refractivity contribution is 6.00. The van der Waals surface area contributed by atoms with E-state index in [1.165, 1.54) is 0 Å². The lowest BCUT2D eigenvalue weighted by Crippen LogP contribution is -1.94. The zero-order chi connectivity index (χ0) is 8.55. The molecule has 3 heteroatoms. The number of carbonyl (C=O) groups is 1.